The molecule has 2 aromatic heterocycles. The molecule has 36 heavy (non-hydrogen) atoms. The first-order chi connectivity index (χ1) is 17.5. The van der Waals surface area contributed by atoms with Crippen molar-refractivity contribution < 1.29 is 9.53 Å². The second kappa shape index (κ2) is 11.8. The molecule has 1 amide bonds. The van der Waals surface area contributed by atoms with Crippen molar-refractivity contribution in [1.82, 2.24) is 24.8 Å². The van der Waals surface area contributed by atoms with E-state index in [0.717, 1.165) is 55.0 Å². The average molecular weight is 486 g/mol. The van der Waals surface area contributed by atoms with Gasteiger partial charge >= 0.3 is 0 Å². The molecule has 7 nitrogen and oxygen atoms in total. The SMILES string of the molecule is CCN(CC)CCCC(C)NC(=O)c1cc(-c2ccc(OC)cc2)nc2cc(-c3ccccc3)nn12. The van der Waals surface area contributed by atoms with Gasteiger partial charge < -0.3 is 15.0 Å². The number of benzene rings is 2. The summed E-state index contributed by atoms with van der Waals surface area (Å²) in [6, 6.07) is 21.4. The molecule has 1 unspecified atom stereocenters. The van der Waals surface area contributed by atoms with Crippen molar-refractivity contribution in [1.29, 1.82) is 0 Å². The van der Waals surface area contributed by atoms with Crippen LogP contribution in [0.15, 0.2) is 66.7 Å². The van der Waals surface area contributed by atoms with E-state index in [1.165, 1.54) is 0 Å². The summed E-state index contributed by atoms with van der Waals surface area (Å²) in [6.45, 7) is 9.54. The minimum absolute atomic E-state index is 0.0462. The third-order valence-corrected chi connectivity index (χ3v) is 6.50. The van der Waals surface area contributed by atoms with Gasteiger partial charge in [0.1, 0.15) is 11.4 Å². The number of methoxy groups -OCH3 is 1. The maximum atomic E-state index is 13.5. The molecule has 0 aliphatic heterocycles. The maximum Gasteiger partial charge on any atom is 0.270 e. The Kier molecular flexibility index (Phi) is 8.33. The molecule has 0 spiro atoms. The summed E-state index contributed by atoms with van der Waals surface area (Å²) in [4.78, 5) is 20.7. The number of hydrogen-bond donors (Lipinski definition) is 1. The highest BCUT2D eigenvalue weighted by molar-refractivity contribution is 5.94. The predicted octanol–water partition coefficient (Wildman–Crippen LogP) is 5.31. The molecule has 4 rings (SSSR count). The van der Waals surface area contributed by atoms with Crippen molar-refractivity contribution in [3.05, 3.63) is 72.4 Å². The number of fused-ring (bicyclic) bond motifs is 1. The zero-order chi connectivity index (χ0) is 25.5. The molecule has 1 atom stereocenters. The summed E-state index contributed by atoms with van der Waals surface area (Å²) >= 11 is 0. The van der Waals surface area contributed by atoms with E-state index in [-0.39, 0.29) is 11.9 Å². The minimum Gasteiger partial charge on any atom is -0.497 e. The van der Waals surface area contributed by atoms with Crippen LogP contribution < -0.4 is 10.1 Å². The lowest BCUT2D eigenvalue weighted by atomic mass is 10.1. The van der Waals surface area contributed by atoms with Gasteiger partial charge in [0, 0.05) is 23.2 Å². The molecule has 0 radical (unpaired) electrons. The lowest BCUT2D eigenvalue weighted by Crippen LogP contribution is -2.35. The largest absolute Gasteiger partial charge is 0.497 e. The first-order valence-electron chi connectivity index (χ1n) is 12.7. The van der Waals surface area contributed by atoms with Gasteiger partial charge in [0.05, 0.1) is 18.5 Å². The zero-order valence-electron chi connectivity index (χ0n) is 21.6. The summed E-state index contributed by atoms with van der Waals surface area (Å²) in [7, 11) is 1.64. The molecule has 0 aliphatic carbocycles. The topological polar surface area (TPSA) is 71.8 Å². The van der Waals surface area contributed by atoms with Crippen molar-refractivity contribution in [3.8, 4) is 28.3 Å². The fourth-order valence-electron chi connectivity index (χ4n) is 4.33. The molecule has 0 bridgehead atoms. The lowest BCUT2D eigenvalue weighted by Gasteiger charge is -2.20. The summed E-state index contributed by atoms with van der Waals surface area (Å²) in [5, 5.41) is 7.93. The van der Waals surface area contributed by atoms with Gasteiger partial charge in [0.25, 0.3) is 5.91 Å². The highest BCUT2D eigenvalue weighted by Crippen LogP contribution is 2.25. The number of amides is 1. The molecule has 188 valence electrons. The van der Waals surface area contributed by atoms with E-state index < -0.39 is 0 Å². The summed E-state index contributed by atoms with van der Waals surface area (Å²) in [5.74, 6) is 0.613. The Morgan fingerprint density at radius 1 is 1.00 bits per heavy atom. The summed E-state index contributed by atoms with van der Waals surface area (Å²) in [6.07, 6.45) is 1.95. The van der Waals surface area contributed by atoms with Gasteiger partial charge in [-0.1, -0.05) is 44.2 Å². The van der Waals surface area contributed by atoms with Crippen LogP contribution in [0, 0.1) is 0 Å². The second-order valence-electron chi connectivity index (χ2n) is 8.96. The molecule has 0 aliphatic rings. The zero-order valence-corrected chi connectivity index (χ0v) is 21.6. The number of aromatic nitrogens is 3. The van der Waals surface area contributed by atoms with Crippen LogP contribution in [0.3, 0.4) is 0 Å². The standard InChI is InChI=1S/C29H35N5O2/c1-5-33(6-2)18-10-11-21(3)30-29(35)27-19-25(23-14-16-24(36-4)17-15-23)31-28-20-26(32-34(27)28)22-12-8-7-9-13-22/h7-9,12-17,19-21H,5-6,10-11,18H2,1-4H3,(H,30,35). The summed E-state index contributed by atoms with van der Waals surface area (Å²) < 4.78 is 6.94. The third-order valence-electron chi connectivity index (χ3n) is 6.50. The van der Waals surface area contributed by atoms with E-state index in [2.05, 4.69) is 31.0 Å². The fraction of sp³-hybridized carbons (Fsp3) is 0.345. The Labute approximate surface area is 213 Å². The molecular weight excluding hydrogens is 450 g/mol. The first kappa shape index (κ1) is 25.4. The predicted molar refractivity (Wildman–Crippen MR) is 144 cm³/mol. The van der Waals surface area contributed by atoms with Crippen LogP contribution in [0.4, 0.5) is 0 Å². The second-order valence-corrected chi connectivity index (χ2v) is 8.96. The van der Waals surface area contributed by atoms with Gasteiger partial charge in [-0.2, -0.15) is 5.10 Å². The van der Waals surface area contributed by atoms with Crippen LogP contribution in [0.2, 0.25) is 0 Å². The monoisotopic (exact) mass is 485 g/mol. The number of ether oxygens (including phenoxy) is 1. The third kappa shape index (κ3) is 5.91. The van der Waals surface area contributed by atoms with Crippen LogP contribution in [0.25, 0.3) is 28.2 Å². The van der Waals surface area contributed by atoms with E-state index in [0.29, 0.717) is 17.0 Å². The molecule has 4 aromatic rings. The Morgan fingerprint density at radius 2 is 1.69 bits per heavy atom. The van der Waals surface area contributed by atoms with Crippen LogP contribution in [-0.4, -0.2) is 58.2 Å². The van der Waals surface area contributed by atoms with Crippen LogP contribution in [0.1, 0.15) is 44.1 Å². The Balaban J connectivity index is 1.64. The molecule has 0 saturated carbocycles. The number of nitrogens with zero attached hydrogens (tertiary/aromatic N) is 4. The number of hydrogen-bond acceptors (Lipinski definition) is 5. The quantitative estimate of drug-likeness (QED) is 0.312. The number of carbonyl (C=O) groups is 1. The van der Waals surface area contributed by atoms with Crippen LogP contribution in [0.5, 0.6) is 5.75 Å². The van der Waals surface area contributed by atoms with Crippen molar-refractivity contribution in [2.45, 2.75) is 39.7 Å². The van der Waals surface area contributed by atoms with Gasteiger partial charge in [0.2, 0.25) is 0 Å². The maximum absolute atomic E-state index is 13.5. The van der Waals surface area contributed by atoms with Crippen LogP contribution >= 0.6 is 0 Å². The van der Waals surface area contributed by atoms with Crippen molar-refractivity contribution in [2.75, 3.05) is 26.7 Å². The van der Waals surface area contributed by atoms with Crippen LogP contribution in [-0.2, 0) is 0 Å². The lowest BCUT2D eigenvalue weighted by molar-refractivity contribution is 0.0929. The molecule has 7 heteroatoms. The molecule has 1 N–H and O–H groups in total. The van der Waals surface area contributed by atoms with Crippen molar-refractivity contribution in [3.63, 3.8) is 0 Å². The van der Waals surface area contributed by atoms with Crippen molar-refractivity contribution in [2.24, 2.45) is 0 Å². The highest BCUT2D eigenvalue weighted by Gasteiger charge is 2.19. The van der Waals surface area contributed by atoms with E-state index in [4.69, 9.17) is 14.8 Å². The molecule has 2 heterocycles. The van der Waals surface area contributed by atoms with E-state index in [1.54, 1.807) is 11.6 Å². The highest BCUT2D eigenvalue weighted by atomic mass is 16.5. The number of nitrogens with one attached hydrogen (secondary N) is 1. The summed E-state index contributed by atoms with van der Waals surface area (Å²) in [5.41, 5.74) is 4.46. The smallest absolute Gasteiger partial charge is 0.270 e. The molecule has 2 aromatic carbocycles. The average Bonchev–Trinajstić information content (AvgIpc) is 3.35. The van der Waals surface area contributed by atoms with Gasteiger partial charge in [-0.05, 0) is 69.7 Å². The molecular formula is C29H35N5O2. The van der Waals surface area contributed by atoms with E-state index in [9.17, 15) is 4.79 Å². The molecule has 0 fully saturated rings. The van der Waals surface area contributed by atoms with Gasteiger partial charge in [-0.25, -0.2) is 9.50 Å². The fourth-order valence-corrected chi connectivity index (χ4v) is 4.33. The molecule has 0 saturated heterocycles. The van der Waals surface area contributed by atoms with E-state index >= 15 is 0 Å². The minimum atomic E-state index is -0.157. The van der Waals surface area contributed by atoms with E-state index in [1.807, 2.05) is 66.7 Å². The Hall–Kier alpha value is -3.71. The van der Waals surface area contributed by atoms with Crippen molar-refractivity contribution >= 4 is 11.6 Å². The van der Waals surface area contributed by atoms with Gasteiger partial charge in [0.15, 0.2) is 5.65 Å². The van der Waals surface area contributed by atoms with Gasteiger partial charge in [-0.3, -0.25) is 4.79 Å². The first-order valence-corrected chi connectivity index (χ1v) is 12.7. The normalized spacial score (nSPS) is 12.1. The van der Waals surface area contributed by atoms with Gasteiger partial charge in [-0.15, -0.1) is 0 Å². The number of rotatable bonds is 11. The Morgan fingerprint density at radius 3 is 2.36 bits per heavy atom. The number of carbonyl (C=O) groups excluding carboxylic acids is 1. The Bertz CT molecular complexity index is 1280.